The predicted octanol–water partition coefficient (Wildman–Crippen LogP) is 1.74. The van der Waals surface area contributed by atoms with Gasteiger partial charge in [-0.05, 0) is 30.8 Å². The summed E-state index contributed by atoms with van der Waals surface area (Å²) >= 11 is 0. The molecule has 0 amide bonds. The van der Waals surface area contributed by atoms with E-state index in [1.54, 1.807) is 0 Å². The molecular formula is C18H31N3O2. The summed E-state index contributed by atoms with van der Waals surface area (Å²) in [4.78, 5) is 4.76. The molecule has 1 aromatic rings. The van der Waals surface area contributed by atoms with Crippen molar-refractivity contribution < 1.29 is 9.47 Å². The molecule has 2 rings (SSSR count). The van der Waals surface area contributed by atoms with Crippen molar-refractivity contribution in [3.8, 4) is 5.75 Å². The van der Waals surface area contributed by atoms with Gasteiger partial charge in [-0.15, -0.1) is 0 Å². The van der Waals surface area contributed by atoms with Gasteiger partial charge >= 0.3 is 0 Å². The maximum absolute atomic E-state index is 6.03. The van der Waals surface area contributed by atoms with Crippen LogP contribution in [0.25, 0.3) is 0 Å². The van der Waals surface area contributed by atoms with Gasteiger partial charge in [0, 0.05) is 32.2 Å². The molecule has 1 heterocycles. The maximum atomic E-state index is 6.03. The zero-order chi connectivity index (χ0) is 16.5. The van der Waals surface area contributed by atoms with E-state index in [0.717, 1.165) is 58.3 Å². The van der Waals surface area contributed by atoms with E-state index in [0.29, 0.717) is 6.54 Å². The van der Waals surface area contributed by atoms with Gasteiger partial charge < -0.3 is 20.1 Å². The van der Waals surface area contributed by atoms with Crippen molar-refractivity contribution in [2.24, 2.45) is 5.73 Å². The highest BCUT2D eigenvalue weighted by Gasteiger charge is 2.21. The maximum Gasteiger partial charge on any atom is 0.119 e. The third-order valence-electron chi connectivity index (χ3n) is 4.52. The van der Waals surface area contributed by atoms with E-state index in [-0.39, 0.29) is 6.04 Å². The Hall–Kier alpha value is -1.14. The van der Waals surface area contributed by atoms with Crippen LogP contribution in [-0.4, -0.2) is 68.9 Å². The van der Waals surface area contributed by atoms with E-state index in [1.165, 1.54) is 5.56 Å². The van der Waals surface area contributed by atoms with Gasteiger partial charge in [-0.2, -0.15) is 0 Å². The van der Waals surface area contributed by atoms with Crippen molar-refractivity contribution in [3.05, 3.63) is 29.8 Å². The minimum Gasteiger partial charge on any atom is -0.492 e. The van der Waals surface area contributed by atoms with E-state index in [1.807, 2.05) is 6.07 Å². The van der Waals surface area contributed by atoms with E-state index in [9.17, 15) is 0 Å². The molecule has 1 aliphatic heterocycles. The van der Waals surface area contributed by atoms with Crippen LogP contribution in [0.1, 0.15) is 25.5 Å². The first-order chi connectivity index (χ1) is 11.3. The van der Waals surface area contributed by atoms with Crippen LogP contribution in [0, 0.1) is 0 Å². The Kier molecular flexibility index (Phi) is 7.82. The second-order valence-corrected chi connectivity index (χ2v) is 5.85. The summed E-state index contributed by atoms with van der Waals surface area (Å²) in [6.45, 7) is 12.2. The number of hydrogen-bond donors (Lipinski definition) is 1. The molecule has 0 spiro atoms. The molecule has 130 valence electrons. The van der Waals surface area contributed by atoms with Crippen LogP contribution in [0.5, 0.6) is 5.75 Å². The van der Waals surface area contributed by atoms with Crippen LogP contribution in [-0.2, 0) is 4.74 Å². The molecule has 0 aliphatic carbocycles. The normalized spacial score (nSPS) is 17.4. The Balaban J connectivity index is 1.94. The highest BCUT2D eigenvalue weighted by atomic mass is 16.5. The van der Waals surface area contributed by atoms with Gasteiger partial charge in [-0.1, -0.05) is 26.0 Å². The summed E-state index contributed by atoms with van der Waals surface area (Å²) < 4.78 is 11.4. The Morgan fingerprint density at radius 2 is 2.00 bits per heavy atom. The molecule has 23 heavy (non-hydrogen) atoms. The molecule has 0 radical (unpaired) electrons. The molecule has 5 nitrogen and oxygen atoms in total. The van der Waals surface area contributed by atoms with Gasteiger partial charge in [0.2, 0.25) is 0 Å². The van der Waals surface area contributed by atoms with E-state index < -0.39 is 0 Å². The lowest BCUT2D eigenvalue weighted by atomic mass is 10.0. The summed E-state index contributed by atoms with van der Waals surface area (Å²) in [7, 11) is 0. The molecule has 0 saturated carbocycles. The van der Waals surface area contributed by atoms with Gasteiger partial charge in [0.15, 0.2) is 0 Å². The van der Waals surface area contributed by atoms with Crippen molar-refractivity contribution >= 4 is 0 Å². The molecular weight excluding hydrogens is 290 g/mol. The first-order valence-corrected chi connectivity index (χ1v) is 8.75. The molecule has 1 saturated heterocycles. The number of morpholine rings is 1. The third kappa shape index (κ3) is 5.46. The summed E-state index contributed by atoms with van der Waals surface area (Å²) in [6, 6.07) is 8.61. The molecule has 1 fully saturated rings. The third-order valence-corrected chi connectivity index (χ3v) is 4.52. The van der Waals surface area contributed by atoms with E-state index in [2.05, 4.69) is 41.8 Å². The summed E-state index contributed by atoms with van der Waals surface area (Å²) in [6.07, 6.45) is 0. The molecule has 1 aliphatic rings. The highest BCUT2D eigenvalue weighted by molar-refractivity contribution is 5.31. The van der Waals surface area contributed by atoms with Gasteiger partial charge in [-0.3, -0.25) is 4.90 Å². The van der Waals surface area contributed by atoms with Crippen LogP contribution < -0.4 is 10.5 Å². The topological polar surface area (TPSA) is 51.0 Å². The molecule has 0 bridgehead atoms. The fourth-order valence-corrected chi connectivity index (χ4v) is 3.03. The van der Waals surface area contributed by atoms with Gasteiger partial charge in [0.05, 0.1) is 13.2 Å². The molecule has 5 heteroatoms. The minimum atomic E-state index is 0.241. The molecule has 2 N–H and O–H groups in total. The monoisotopic (exact) mass is 321 g/mol. The largest absolute Gasteiger partial charge is 0.492 e. The van der Waals surface area contributed by atoms with Gasteiger partial charge in [0.1, 0.15) is 12.4 Å². The number of nitrogens with zero attached hydrogens (tertiary/aromatic N) is 2. The minimum absolute atomic E-state index is 0.241. The lowest BCUT2D eigenvalue weighted by molar-refractivity contribution is 0.0178. The van der Waals surface area contributed by atoms with Crippen molar-refractivity contribution in [1.29, 1.82) is 0 Å². The number of ether oxygens (including phenoxy) is 2. The van der Waals surface area contributed by atoms with Gasteiger partial charge in [-0.25, -0.2) is 0 Å². The quantitative estimate of drug-likeness (QED) is 0.751. The number of benzene rings is 1. The Bertz CT molecular complexity index is 446. The van der Waals surface area contributed by atoms with Crippen molar-refractivity contribution in [1.82, 2.24) is 9.80 Å². The predicted molar refractivity (Wildman–Crippen MR) is 93.9 cm³/mol. The summed E-state index contributed by atoms with van der Waals surface area (Å²) in [5.41, 5.74) is 7.26. The standard InChI is InChI=1S/C18H31N3O2/c1-3-20(4-2)8-13-23-17-7-5-6-16(14-17)18(15-19)21-9-11-22-12-10-21/h5-7,14,18H,3-4,8-13,15,19H2,1-2H3. The average molecular weight is 321 g/mol. The zero-order valence-electron chi connectivity index (χ0n) is 14.5. The van der Waals surface area contributed by atoms with E-state index in [4.69, 9.17) is 15.2 Å². The molecule has 0 aromatic heterocycles. The Labute approximate surface area is 140 Å². The van der Waals surface area contributed by atoms with Gasteiger partial charge in [0.25, 0.3) is 0 Å². The Morgan fingerprint density at radius 3 is 2.65 bits per heavy atom. The SMILES string of the molecule is CCN(CC)CCOc1cccc(C(CN)N2CCOCC2)c1. The van der Waals surface area contributed by atoms with Crippen molar-refractivity contribution in [2.45, 2.75) is 19.9 Å². The van der Waals surface area contributed by atoms with Crippen molar-refractivity contribution in [2.75, 3.05) is 59.1 Å². The van der Waals surface area contributed by atoms with Crippen LogP contribution in [0.2, 0.25) is 0 Å². The number of rotatable bonds is 9. The van der Waals surface area contributed by atoms with E-state index >= 15 is 0 Å². The number of nitrogens with two attached hydrogens (primary N) is 1. The fourth-order valence-electron chi connectivity index (χ4n) is 3.03. The average Bonchev–Trinajstić information content (AvgIpc) is 2.61. The van der Waals surface area contributed by atoms with Crippen LogP contribution in [0.4, 0.5) is 0 Å². The molecule has 1 atom stereocenters. The van der Waals surface area contributed by atoms with Crippen LogP contribution in [0.3, 0.4) is 0 Å². The summed E-state index contributed by atoms with van der Waals surface area (Å²) in [5.74, 6) is 0.932. The lowest BCUT2D eigenvalue weighted by Crippen LogP contribution is -2.41. The fraction of sp³-hybridized carbons (Fsp3) is 0.667. The zero-order valence-corrected chi connectivity index (χ0v) is 14.5. The second kappa shape index (κ2) is 9.88. The number of likely N-dealkylation sites (N-methyl/N-ethyl adjacent to an activating group) is 1. The van der Waals surface area contributed by atoms with Crippen molar-refractivity contribution in [3.63, 3.8) is 0 Å². The number of hydrogen-bond acceptors (Lipinski definition) is 5. The first-order valence-electron chi connectivity index (χ1n) is 8.75. The first kappa shape index (κ1) is 18.2. The second-order valence-electron chi connectivity index (χ2n) is 5.85. The summed E-state index contributed by atoms with van der Waals surface area (Å²) in [5, 5.41) is 0. The highest BCUT2D eigenvalue weighted by Crippen LogP contribution is 2.24. The van der Waals surface area contributed by atoms with Crippen LogP contribution >= 0.6 is 0 Å². The Morgan fingerprint density at radius 1 is 1.26 bits per heavy atom. The molecule has 1 unspecified atom stereocenters. The smallest absolute Gasteiger partial charge is 0.119 e. The molecule has 1 aromatic carbocycles. The lowest BCUT2D eigenvalue weighted by Gasteiger charge is -2.34. The van der Waals surface area contributed by atoms with Crippen LogP contribution in [0.15, 0.2) is 24.3 Å².